The number of aryl methyl sites for hydroxylation is 1. The van der Waals surface area contributed by atoms with E-state index in [2.05, 4.69) is 33.8 Å². The number of unbranched alkanes of at least 4 members (excludes halogenated alkanes) is 2. The summed E-state index contributed by atoms with van der Waals surface area (Å²) in [6.45, 7) is 11.4. The number of ether oxygens (including phenoxy) is 3. The molecule has 0 aliphatic heterocycles. The number of phenolic OH excluding ortho intramolecular Hbond substituents is 1. The van der Waals surface area contributed by atoms with Crippen LogP contribution in [-0.4, -0.2) is 49.9 Å². The Labute approximate surface area is 195 Å². The van der Waals surface area contributed by atoms with Crippen LogP contribution in [0.15, 0.2) is 12.1 Å². The molecule has 0 radical (unpaired) electrons. The number of benzene rings is 1. The quantitative estimate of drug-likeness (QED) is 0.335. The van der Waals surface area contributed by atoms with E-state index < -0.39 is 0 Å². The summed E-state index contributed by atoms with van der Waals surface area (Å²) in [5, 5.41) is 19.9. The normalized spacial score (nSPS) is 21.2. The Morgan fingerprint density at radius 3 is 2.41 bits per heavy atom. The van der Waals surface area contributed by atoms with Crippen molar-refractivity contribution in [3.05, 3.63) is 23.3 Å². The first-order chi connectivity index (χ1) is 15.5. The maximum absolute atomic E-state index is 11.1. The Bertz CT molecular complexity index is 645. The van der Waals surface area contributed by atoms with Gasteiger partial charge in [-0.25, -0.2) is 0 Å². The van der Waals surface area contributed by atoms with Gasteiger partial charge in [0.1, 0.15) is 18.1 Å². The van der Waals surface area contributed by atoms with E-state index >= 15 is 0 Å². The lowest BCUT2D eigenvalue weighted by Crippen LogP contribution is -2.26. The van der Waals surface area contributed by atoms with Gasteiger partial charge in [-0.2, -0.15) is 0 Å². The molecule has 1 aromatic carbocycles. The molecule has 0 saturated heterocycles. The van der Waals surface area contributed by atoms with Crippen LogP contribution in [0, 0.1) is 17.8 Å². The van der Waals surface area contributed by atoms with Gasteiger partial charge in [-0.3, -0.25) is 0 Å². The summed E-state index contributed by atoms with van der Waals surface area (Å²) >= 11 is 0. The molecular formula is C27H46O5. The summed E-state index contributed by atoms with van der Waals surface area (Å²) in [6, 6.07) is 4.13. The molecule has 0 aromatic heterocycles. The van der Waals surface area contributed by atoms with Crippen LogP contribution in [0.25, 0.3) is 0 Å². The van der Waals surface area contributed by atoms with Crippen molar-refractivity contribution in [2.45, 2.75) is 78.6 Å². The van der Waals surface area contributed by atoms with Gasteiger partial charge in [0.15, 0.2) is 0 Å². The lowest BCUT2D eigenvalue weighted by atomic mass is 9.67. The zero-order chi connectivity index (χ0) is 23.3. The first-order valence-corrected chi connectivity index (χ1v) is 12.7. The van der Waals surface area contributed by atoms with Crippen molar-refractivity contribution in [2.75, 3.05) is 39.6 Å². The number of aromatic hydroxyl groups is 1. The molecule has 0 unspecified atom stereocenters. The molecule has 2 N–H and O–H groups in total. The van der Waals surface area contributed by atoms with Crippen molar-refractivity contribution < 1.29 is 24.4 Å². The van der Waals surface area contributed by atoms with Crippen LogP contribution in [0.2, 0.25) is 0 Å². The van der Waals surface area contributed by atoms with Crippen LogP contribution in [0.3, 0.4) is 0 Å². The lowest BCUT2D eigenvalue weighted by molar-refractivity contribution is 0.0245. The molecule has 5 heteroatoms. The molecule has 1 saturated carbocycles. The van der Waals surface area contributed by atoms with Crippen molar-refractivity contribution in [3.63, 3.8) is 0 Å². The van der Waals surface area contributed by atoms with E-state index in [1.807, 2.05) is 6.07 Å². The van der Waals surface area contributed by atoms with Crippen LogP contribution in [-0.2, 0) is 15.9 Å². The van der Waals surface area contributed by atoms with Gasteiger partial charge in [-0.05, 0) is 67.1 Å². The topological polar surface area (TPSA) is 68.2 Å². The van der Waals surface area contributed by atoms with Crippen LogP contribution in [0.1, 0.15) is 83.3 Å². The van der Waals surface area contributed by atoms with Gasteiger partial charge in [-0.15, -0.1) is 0 Å². The largest absolute Gasteiger partial charge is 0.508 e. The molecule has 1 aromatic rings. The third-order valence-corrected chi connectivity index (χ3v) is 6.73. The van der Waals surface area contributed by atoms with E-state index in [1.165, 1.54) is 25.7 Å². The molecular weight excluding hydrogens is 404 g/mol. The van der Waals surface area contributed by atoms with Crippen LogP contribution < -0.4 is 4.74 Å². The van der Waals surface area contributed by atoms with Crippen LogP contribution in [0.4, 0.5) is 0 Å². The zero-order valence-corrected chi connectivity index (χ0v) is 20.8. The predicted octanol–water partition coefficient (Wildman–Crippen LogP) is 5.71. The summed E-state index contributed by atoms with van der Waals surface area (Å²) in [7, 11) is 0. The molecule has 3 atom stereocenters. The maximum atomic E-state index is 11.1. The highest BCUT2D eigenvalue weighted by Gasteiger charge is 2.35. The van der Waals surface area contributed by atoms with E-state index in [0.29, 0.717) is 62.5 Å². The molecule has 32 heavy (non-hydrogen) atoms. The summed E-state index contributed by atoms with van der Waals surface area (Å²) < 4.78 is 17.1. The van der Waals surface area contributed by atoms with Crippen LogP contribution in [0.5, 0.6) is 11.5 Å². The van der Waals surface area contributed by atoms with Gasteiger partial charge >= 0.3 is 0 Å². The van der Waals surface area contributed by atoms with E-state index in [9.17, 15) is 5.11 Å². The van der Waals surface area contributed by atoms with Crippen molar-refractivity contribution in [1.29, 1.82) is 0 Å². The zero-order valence-electron chi connectivity index (χ0n) is 20.8. The third kappa shape index (κ3) is 8.57. The first-order valence-electron chi connectivity index (χ1n) is 12.7. The molecule has 0 spiro atoms. The van der Waals surface area contributed by atoms with Crippen LogP contribution >= 0.6 is 0 Å². The number of rotatable bonds is 15. The number of hydrogen-bond donors (Lipinski definition) is 2. The Morgan fingerprint density at radius 2 is 1.72 bits per heavy atom. The molecule has 0 heterocycles. The summed E-state index contributed by atoms with van der Waals surface area (Å²) in [6.07, 6.45) is 8.03. The predicted molar refractivity (Wildman–Crippen MR) is 130 cm³/mol. The minimum absolute atomic E-state index is 0.0289. The Morgan fingerprint density at radius 1 is 1.00 bits per heavy atom. The van der Waals surface area contributed by atoms with Gasteiger partial charge in [0.05, 0.1) is 33.0 Å². The molecule has 1 fully saturated rings. The molecule has 1 aliphatic rings. The molecule has 0 amide bonds. The van der Waals surface area contributed by atoms with E-state index in [1.54, 1.807) is 0 Å². The maximum Gasteiger partial charge on any atom is 0.126 e. The number of hydrogen-bond acceptors (Lipinski definition) is 5. The fourth-order valence-electron chi connectivity index (χ4n) is 5.01. The fraction of sp³-hybridized carbons (Fsp3) is 0.778. The van der Waals surface area contributed by atoms with E-state index in [4.69, 9.17) is 19.3 Å². The van der Waals surface area contributed by atoms with Gasteiger partial charge in [0.2, 0.25) is 0 Å². The molecule has 2 rings (SSSR count). The standard InChI is InChI=1S/C27H46O5/c1-5-6-7-8-22-18-25(29)27(24-17-21(4)9-10-23(24)20(2)3)26(19-22)32-16-15-31-14-13-30-12-11-28/h18-21,23-24,28-29H,5-17H2,1-4H3/t21-,23-,24+/m0/s1. The molecule has 184 valence electrons. The van der Waals surface area contributed by atoms with Gasteiger partial charge in [-0.1, -0.05) is 47.0 Å². The second kappa shape index (κ2) is 14.8. The summed E-state index contributed by atoms with van der Waals surface area (Å²) in [4.78, 5) is 0. The lowest BCUT2D eigenvalue weighted by Gasteiger charge is -2.38. The highest BCUT2D eigenvalue weighted by molar-refractivity contribution is 5.50. The van der Waals surface area contributed by atoms with Crippen molar-refractivity contribution in [1.82, 2.24) is 0 Å². The molecule has 1 aliphatic carbocycles. The second-order valence-corrected chi connectivity index (χ2v) is 9.71. The van der Waals surface area contributed by atoms with Crippen molar-refractivity contribution in [3.8, 4) is 11.5 Å². The van der Waals surface area contributed by atoms with E-state index in [-0.39, 0.29) is 6.61 Å². The second-order valence-electron chi connectivity index (χ2n) is 9.71. The average molecular weight is 451 g/mol. The van der Waals surface area contributed by atoms with Gasteiger partial charge in [0.25, 0.3) is 0 Å². The number of aliphatic hydroxyl groups is 1. The fourth-order valence-corrected chi connectivity index (χ4v) is 5.01. The Balaban J connectivity index is 2.13. The highest BCUT2D eigenvalue weighted by Crippen LogP contribution is 2.49. The van der Waals surface area contributed by atoms with Gasteiger partial charge < -0.3 is 24.4 Å². The smallest absolute Gasteiger partial charge is 0.126 e. The minimum atomic E-state index is 0.0289. The minimum Gasteiger partial charge on any atom is -0.508 e. The Hall–Kier alpha value is -1.30. The summed E-state index contributed by atoms with van der Waals surface area (Å²) in [5.41, 5.74) is 2.15. The third-order valence-electron chi connectivity index (χ3n) is 6.73. The molecule has 5 nitrogen and oxygen atoms in total. The van der Waals surface area contributed by atoms with Crippen molar-refractivity contribution in [2.24, 2.45) is 17.8 Å². The first kappa shape index (κ1) is 26.9. The SMILES string of the molecule is CCCCCc1cc(O)c([C@@H]2C[C@@H](C)CC[C@H]2C(C)C)c(OCCOCCOCCO)c1. The number of phenols is 1. The highest BCUT2D eigenvalue weighted by atomic mass is 16.5. The monoisotopic (exact) mass is 450 g/mol. The Kier molecular flexibility index (Phi) is 12.4. The van der Waals surface area contributed by atoms with Gasteiger partial charge in [0, 0.05) is 5.56 Å². The number of aliphatic hydroxyl groups excluding tert-OH is 1. The summed E-state index contributed by atoms with van der Waals surface area (Å²) in [5.74, 6) is 3.36. The molecule has 0 bridgehead atoms. The van der Waals surface area contributed by atoms with E-state index in [0.717, 1.165) is 36.1 Å². The van der Waals surface area contributed by atoms with Crippen molar-refractivity contribution >= 4 is 0 Å². The average Bonchev–Trinajstić information content (AvgIpc) is 2.75.